The van der Waals surface area contributed by atoms with Crippen molar-refractivity contribution in [3.8, 4) is 0 Å². The summed E-state index contributed by atoms with van der Waals surface area (Å²) in [6.07, 6.45) is -1.40. The van der Waals surface area contributed by atoms with Crippen molar-refractivity contribution in [2.75, 3.05) is 0 Å². The van der Waals surface area contributed by atoms with Crippen LogP contribution >= 0.6 is 15.9 Å². The number of aliphatic hydroxyl groups is 1. The number of hydrogen-bond acceptors (Lipinski definition) is 3. The Bertz CT molecular complexity index is 442. The van der Waals surface area contributed by atoms with Gasteiger partial charge in [-0.25, -0.2) is 4.79 Å². The Labute approximate surface area is 107 Å². The maximum Gasteiger partial charge on any atom is 0.337 e. The molecular weight excluding hydrogens is 288 g/mol. The third kappa shape index (κ3) is 3.14. The lowest BCUT2D eigenvalue weighted by molar-refractivity contribution is -0.146. The van der Waals surface area contributed by atoms with Crippen molar-refractivity contribution < 1.29 is 19.8 Å². The van der Waals surface area contributed by atoms with Crippen LogP contribution in [0, 0.1) is 0 Å². The van der Waals surface area contributed by atoms with E-state index >= 15 is 0 Å². The van der Waals surface area contributed by atoms with Gasteiger partial charge in [-0.2, -0.15) is 0 Å². The van der Waals surface area contributed by atoms with Crippen LogP contribution in [0.1, 0.15) is 40.9 Å². The zero-order chi connectivity index (χ0) is 13.0. The van der Waals surface area contributed by atoms with E-state index in [1.54, 1.807) is 19.1 Å². The number of carbonyl (C=O) groups excluding carboxylic acids is 1. The number of aliphatic hydroxyl groups excluding tert-OH is 1. The van der Waals surface area contributed by atoms with E-state index in [1.165, 1.54) is 6.07 Å². The third-order valence-electron chi connectivity index (χ3n) is 2.42. The van der Waals surface area contributed by atoms with Gasteiger partial charge >= 0.3 is 5.97 Å². The predicted molar refractivity (Wildman–Crippen MR) is 66.3 cm³/mol. The molecule has 0 aliphatic rings. The average molecular weight is 301 g/mol. The molecule has 92 valence electrons. The topological polar surface area (TPSA) is 74.6 Å². The van der Waals surface area contributed by atoms with Gasteiger partial charge in [-0.1, -0.05) is 41.1 Å². The summed E-state index contributed by atoms with van der Waals surface area (Å²) in [5.74, 6) is -1.54. The summed E-state index contributed by atoms with van der Waals surface area (Å²) < 4.78 is 0. The number of benzene rings is 1. The normalized spacial score (nSPS) is 12.2. The Morgan fingerprint density at radius 2 is 2.06 bits per heavy atom. The van der Waals surface area contributed by atoms with Gasteiger partial charge in [0.15, 0.2) is 11.9 Å². The van der Waals surface area contributed by atoms with Gasteiger partial charge in [-0.05, 0) is 5.56 Å². The predicted octanol–water partition coefficient (Wildman–Crippen LogP) is 2.29. The highest BCUT2D eigenvalue weighted by atomic mass is 79.9. The number of hydrogen-bond donors (Lipinski definition) is 2. The molecule has 2 N–H and O–H groups in total. The number of carbonyl (C=O) groups is 2. The molecule has 4 nitrogen and oxygen atoms in total. The van der Waals surface area contributed by atoms with Crippen LogP contribution in [0.5, 0.6) is 0 Å². The van der Waals surface area contributed by atoms with Crippen LogP contribution in [0.3, 0.4) is 0 Å². The Kier molecular flexibility index (Phi) is 4.84. The van der Waals surface area contributed by atoms with Gasteiger partial charge in [-0.15, -0.1) is 0 Å². The standard InChI is InChI=1S/C12H13BrO4/c1-2-10(14)8-4-3-7(6-13)5-9(8)11(15)12(16)17/h3-5,11,15H,2,6H2,1H3,(H,16,17). The molecule has 0 amide bonds. The molecule has 1 atom stereocenters. The molecule has 5 heteroatoms. The molecule has 0 radical (unpaired) electrons. The zero-order valence-electron chi connectivity index (χ0n) is 9.31. The van der Waals surface area contributed by atoms with Gasteiger partial charge in [0.1, 0.15) is 0 Å². The minimum atomic E-state index is -1.67. The molecule has 0 saturated heterocycles. The Balaban J connectivity index is 3.30. The Hall–Kier alpha value is -1.20. The summed E-state index contributed by atoms with van der Waals surface area (Å²) >= 11 is 3.24. The number of halogens is 1. The second kappa shape index (κ2) is 5.93. The highest BCUT2D eigenvalue weighted by molar-refractivity contribution is 9.08. The number of ketones is 1. The molecule has 0 saturated carbocycles. The number of rotatable bonds is 5. The van der Waals surface area contributed by atoms with E-state index < -0.39 is 12.1 Å². The van der Waals surface area contributed by atoms with Gasteiger partial charge in [0.25, 0.3) is 0 Å². The molecule has 0 fully saturated rings. The maximum atomic E-state index is 11.6. The van der Waals surface area contributed by atoms with E-state index in [2.05, 4.69) is 15.9 Å². The van der Waals surface area contributed by atoms with Crippen LogP contribution in [0.2, 0.25) is 0 Å². The van der Waals surface area contributed by atoms with Crippen molar-refractivity contribution in [2.45, 2.75) is 24.8 Å². The molecule has 1 aromatic rings. The monoisotopic (exact) mass is 300 g/mol. The van der Waals surface area contributed by atoms with Crippen molar-refractivity contribution in [2.24, 2.45) is 0 Å². The molecule has 0 aliphatic carbocycles. The van der Waals surface area contributed by atoms with Gasteiger partial charge in [0.05, 0.1) is 0 Å². The molecule has 17 heavy (non-hydrogen) atoms. The number of carboxylic acids is 1. The summed E-state index contributed by atoms with van der Waals surface area (Å²) in [6, 6.07) is 4.83. The van der Waals surface area contributed by atoms with Crippen molar-refractivity contribution in [3.63, 3.8) is 0 Å². The first-order valence-corrected chi connectivity index (χ1v) is 6.26. The number of aliphatic carboxylic acids is 1. The molecule has 1 unspecified atom stereocenters. The van der Waals surface area contributed by atoms with Crippen LogP contribution in [-0.4, -0.2) is 22.0 Å². The van der Waals surface area contributed by atoms with Crippen molar-refractivity contribution in [1.82, 2.24) is 0 Å². The molecule has 0 aromatic heterocycles. The smallest absolute Gasteiger partial charge is 0.337 e. The van der Waals surface area contributed by atoms with Crippen LogP contribution in [0.15, 0.2) is 18.2 Å². The first kappa shape index (κ1) is 13.9. The summed E-state index contributed by atoms with van der Waals surface area (Å²) in [7, 11) is 0. The lowest BCUT2D eigenvalue weighted by Gasteiger charge is -2.12. The van der Waals surface area contributed by atoms with Gasteiger partial charge in [0.2, 0.25) is 0 Å². The summed E-state index contributed by atoms with van der Waals surface area (Å²) in [5.41, 5.74) is 1.24. The first-order valence-electron chi connectivity index (χ1n) is 5.14. The molecule has 0 bridgehead atoms. The minimum Gasteiger partial charge on any atom is -0.479 e. The van der Waals surface area contributed by atoms with Crippen LogP contribution < -0.4 is 0 Å². The van der Waals surface area contributed by atoms with Gasteiger partial charge < -0.3 is 10.2 Å². The highest BCUT2D eigenvalue weighted by Gasteiger charge is 2.22. The van der Waals surface area contributed by atoms with Gasteiger partial charge in [-0.3, -0.25) is 4.79 Å². The minimum absolute atomic E-state index is 0.154. The fourth-order valence-electron chi connectivity index (χ4n) is 1.50. The summed E-state index contributed by atoms with van der Waals surface area (Å²) in [4.78, 5) is 22.4. The van der Waals surface area contributed by atoms with E-state index in [-0.39, 0.29) is 23.3 Å². The Morgan fingerprint density at radius 1 is 1.41 bits per heavy atom. The highest BCUT2D eigenvalue weighted by Crippen LogP contribution is 2.22. The SMILES string of the molecule is CCC(=O)c1ccc(CBr)cc1C(O)C(=O)O. The van der Waals surface area contributed by atoms with E-state index in [0.717, 1.165) is 5.56 Å². The van der Waals surface area contributed by atoms with Gasteiger partial charge in [0, 0.05) is 22.9 Å². The molecule has 0 aliphatic heterocycles. The van der Waals surface area contributed by atoms with Crippen molar-refractivity contribution >= 4 is 27.7 Å². The fraction of sp³-hybridized carbons (Fsp3) is 0.333. The quantitative estimate of drug-likeness (QED) is 0.646. The lowest BCUT2D eigenvalue weighted by Crippen LogP contribution is -2.15. The lowest BCUT2D eigenvalue weighted by atomic mass is 9.96. The molecule has 1 rings (SSSR count). The van der Waals surface area contributed by atoms with E-state index in [9.17, 15) is 14.7 Å². The summed E-state index contributed by atoms with van der Waals surface area (Å²) in [5, 5.41) is 18.9. The van der Waals surface area contributed by atoms with E-state index in [1.807, 2.05) is 0 Å². The second-order valence-corrected chi connectivity index (χ2v) is 4.13. The average Bonchev–Trinajstić information content (AvgIpc) is 2.35. The summed E-state index contributed by atoms with van der Waals surface area (Å²) in [6.45, 7) is 1.69. The second-order valence-electron chi connectivity index (χ2n) is 3.57. The van der Waals surface area contributed by atoms with E-state index in [0.29, 0.717) is 5.33 Å². The molecule has 0 heterocycles. The van der Waals surface area contributed by atoms with Crippen molar-refractivity contribution in [1.29, 1.82) is 0 Å². The fourth-order valence-corrected chi connectivity index (χ4v) is 1.85. The third-order valence-corrected chi connectivity index (χ3v) is 3.07. The zero-order valence-corrected chi connectivity index (χ0v) is 10.9. The van der Waals surface area contributed by atoms with Crippen LogP contribution in [0.25, 0.3) is 0 Å². The number of Topliss-reactive ketones (excluding diaryl/α,β-unsaturated/α-hetero) is 1. The molecular formula is C12H13BrO4. The first-order chi connectivity index (χ1) is 8.01. The van der Waals surface area contributed by atoms with Crippen molar-refractivity contribution in [3.05, 3.63) is 34.9 Å². The maximum absolute atomic E-state index is 11.6. The van der Waals surface area contributed by atoms with Crippen LogP contribution in [-0.2, 0) is 10.1 Å². The molecule has 1 aromatic carbocycles. The number of carboxylic acid groups (broad SMARTS) is 1. The number of alkyl halides is 1. The largest absolute Gasteiger partial charge is 0.479 e. The van der Waals surface area contributed by atoms with Crippen LogP contribution in [0.4, 0.5) is 0 Å². The molecule has 0 spiro atoms. The van der Waals surface area contributed by atoms with E-state index in [4.69, 9.17) is 5.11 Å². The Morgan fingerprint density at radius 3 is 2.53 bits per heavy atom.